The Bertz CT molecular complexity index is 244. The number of rotatable bonds is 2. The highest BCUT2D eigenvalue weighted by molar-refractivity contribution is 7.99. The molecule has 1 aliphatic heterocycles. The molecule has 1 aromatic rings. The number of ether oxygens (including phenoxy) is 1. The van der Waals surface area contributed by atoms with E-state index >= 15 is 0 Å². The predicted octanol–water partition coefficient (Wildman–Crippen LogP) is 1.88. The van der Waals surface area contributed by atoms with Crippen LogP contribution in [0.15, 0.2) is 16.8 Å². The fourth-order valence-corrected chi connectivity index (χ4v) is 3.02. The molecule has 4 heteroatoms. The Balaban J connectivity index is 1.99. The molecule has 13 heavy (non-hydrogen) atoms. The predicted molar refractivity (Wildman–Crippen MR) is 58.3 cm³/mol. The van der Waals surface area contributed by atoms with E-state index in [0.717, 1.165) is 18.1 Å². The maximum Gasteiger partial charge on any atom is 0.0858 e. The average Bonchev–Trinajstić information content (AvgIpc) is 2.71. The van der Waals surface area contributed by atoms with Gasteiger partial charge in [-0.15, -0.1) is 0 Å². The Kier molecular flexibility index (Phi) is 3.27. The molecule has 0 bridgehead atoms. The van der Waals surface area contributed by atoms with E-state index in [1.165, 1.54) is 5.56 Å². The van der Waals surface area contributed by atoms with Gasteiger partial charge in [-0.2, -0.15) is 23.1 Å². The Labute approximate surface area is 86.5 Å². The van der Waals surface area contributed by atoms with Gasteiger partial charge in [0.1, 0.15) is 0 Å². The molecule has 2 unspecified atom stereocenters. The third-order valence-electron chi connectivity index (χ3n) is 2.17. The molecular formula is C9H13NOS2. The first kappa shape index (κ1) is 9.52. The quantitative estimate of drug-likeness (QED) is 0.818. The van der Waals surface area contributed by atoms with Crippen molar-refractivity contribution in [1.29, 1.82) is 0 Å². The minimum atomic E-state index is 0.0547. The SMILES string of the molecule is NC(c1ccsc1)C1CSCCO1. The van der Waals surface area contributed by atoms with Crippen LogP contribution in [0.1, 0.15) is 11.6 Å². The number of thioether (sulfide) groups is 1. The van der Waals surface area contributed by atoms with Crippen LogP contribution in [-0.4, -0.2) is 24.2 Å². The summed E-state index contributed by atoms with van der Waals surface area (Å²) in [5.74, 6) is 2.13. The van der Waals surface area contributed by atoms with Gasteiger partial charge in [0.2, 0.25) is 0 Å². The first-order chi connectivity index (χ1) is 6.38. The van der Waals surface area contributed by atoms with E-state index in [0.29, 0.717) is 0 Å². The number of thiophene rings is 1. The summed E-state index contributed by atoms with van der Waals surface area (Å²) >= 11 is 3.62. The summed E-state index contributed by atoms with van der Waals surface area (Å²) in [6.45, 7) is 0.840. The normalized spacial score (nSPS) is 25.8. The fraction of sp³-hybridized carbons (Fsp3) is 0.556. The zero-order valence-electron chi connectivity index (χ0n) is 7.31. The van der Waals surface area contributed by atoms with E-state index in [-0.39, 0.29) is 12.1 Å². The molecule has 0 aliphatic carbocycles. The first-order valence-corrected chi connectivity index (χ1v) is 6.44. The van der Waals surface area contributed by atoms with E-state index in [9.17, 15) is 0 Å². The van der Waals surface area contributed by atoms with Gasteiger partial charge < -0.3 is 10.5 Å². The topological polar surface area (TPSA) is 35.2 Å². The third kappa shape index (κ3) is 2.26. The van der Waals surface area contributed by atoms with Crippen molar-refractivity contribution in [3.63, 3.8) is 0 Å². The molecule has 0 saturated carbocycles. The molecule has 1 aromatic heterocycles. The zero-order valence-corrected chi connectivity index (χ0v) is 8.94. The third-order valence-corrected chi connectivity index (χ3v) is 3.89. The lowest BCUT2D eigenvalue weighted by atomic mass is 10.1. The fourth-order valence-electron chi connectivity index (χ4n) is 1.39. The van der Waals surface area contributed by atoms with E-state index < -0.39 is 0 Å². The van der Waals surface area contributed by atoms with Crippen molar-refractivity contribution in [1.82, 2.24) is 0 Å². The van der Waals surface area contributed by atoms with Gasteiger partial charge in [-0.3, -0.25) is 0 Å². The number of hydrogen-bond donors (Lipinski definition) is 1. The van der Waals surface area contributed by atoms with Crippen LogP contribution in [0, 0.1) is 0 Å². The molecule has 2 atom stereocenters. The molecule has 1 saturated heterocycles. The van der Waals surface area contributed by atoms with Gasteiger partial charge in [-0.1, -0.05) is 0 Å². The summed E-state index contributed by atoms with van der Waals surface area (Å²) in [5.41, 5.74) is 7.29. The average molecular weight is 215 g/mol. The number of hydrogen-bond acceptors (Lipinski definition) is 4. The number of nitrogens with two attached hydrogens (primary N) is 1. The summed E-state index contributed by atoms with van der Waals surface area (Å²) in [6.07, 6.45) is 0.202. The van der Waals surface area contributed by atoms with Crippen LogP contribution in [0.5, 0.6) is 0 Å². The summed E-state index contributed by atoms with van der Waals surface area (Å²) in [7, 11) is 0. The van der Waals surface area contributed by atoms with Crippen LogP contribution < -0.4 is 5.73 Å². The molecule has 1 fully saturated rings. The van der Waals surface area contributed by atoms with Gasteiger partial charge in [-0.25, -0.2) is 0 Å². The monoisotopic (exact) mass is 215 g/mol. The van der Waals surface area contributed by atoms with E-state index in [2.05, 4.69) is 16.8 Å². The second-order valence-corrected chi connectivity index (χ2v) is 5.00. The summed E-state index contributed by atoms with van der Waals surface area (Å²) < 4.78 is 5.62. The van der Waals surface area contributed by atoms with Crippen LogP contribution >= 0.6 is 23.1 Å². The van der Waals surface area contributed by atoms with Crippen molar-refractivity contribution in [2.45, 2.75) is 12.1 Å². The van der Waals surface area contributed by atoms with Crippen molar-refractivity contribution in [2.75, 3.05) is 18.1 Å². The van der Waals surface area contributed by atoms with Gasteiger partial charge >= 0.3 is 0 Å². The van der Waals surface area contributed by atoms with Crippen molar-refractivity contribution >= 4 is 23.1 Å². The van der Waals surface area contributed by atoms with Gasteiger partial charge in [0.15, 0.2) is 0 Å². The molecule has 0 amide bonds. The Morgan fingerprint density at radius 1 is 1.62 bits per heavy atom. The first-order valence-electron chi connectivity index (χ1n) is 4.35. The molecule has 72 valence electrons. The van der Waals surface area contributed by atoms with Crippen molar-refractivity contribution in [3.8, 4) is 0 Å². The van der Waals surface area contributed by atoms with E-state index in [1.807, 2.05) is 11.8 Å². The van der Waals surface area contributed by atoms with Crippen LogP contribution in [0.2, 0.25) is 0 Å². The van der Waals surface area contributed by atoms with Crippen molar-refractivity contribution in [3.05, 3.63) is 22.4 Å². The standard InChI is InChI=1S/C9H13NOS2/c10-9(7-1-3-12-5-7)8-6-13-4-2-11-8/h1,3,5,8-9H,2,4,6,10H2. The second kappa shape index (κ2) is 4.46. The van der Waals surface area contributed by atoms with Crippen LogP contribution in [0.25, 0.3) is 0 Å². The highest BCUT2D eigenvalue weighted by atomic mass is 32.2. The maximum atomic E-state index is 6.08. The van der Waals surface area contributed by atoms with Gasteiger partial charge in [0, 0.05) is 11.5 Å². The maximum absolute atomic E-state index is 6.08. The minimum Gasteiger partial charge on any atom is -0.375 e. The lowest BCUT2D eigenvalue weighted by Gasteiger charge is -2.27. The zero-order chi connectivity index (χ0) is 9.10. The van der Waals surface area contributed by atoms with Gasteiger partial charge in [0.05, 0.1) is 18.8 Å². The van der Waals surface area contributed by atoms with Gasteiger partial charge in [0.25, 0.3) is 0 Å². The van der Waals surface area contributed by atoms with E-state index in [4.69, 9.17) is 10.5 Å². The van der Waals surface area contributed by atoms with Crippen molar-refractivity contribution in [2.24, 2.45) is 5.73 Å². The molecule has 0 aromatic carbocycles. The summed E-state index contributed by atoms with van der Waals surface area (Å²) in [5, 5.41) is 4.17. The molecule has 2 nitrogen and oxygen atoms in total. The molecule has 0 radical (unpaired) electrons. The summed E-state index contributed by atoms with van der Waals surface area (Å²) in [4.78, 5) is 0. The Hall–Kier alpha value is -0.0300. The molecular weight excluding hydrogens is 202 g/mol. The molecule has 0 spiro atoms. The smallest absolute Gasteiger partial charge is 0.0858 e. The molecule has 2 N–H and O–H groups in total. The van der Waals surface area contributed by atoms with Gasteiger partial charge in [-0.05, 0) is 22.4 Å². The van der Waals surface area contributed by atoms with Crippen LogP contribution in [0.3, 0.4) is 0 Å². The highest BCUT2D eigenvalue weighted by Crippen LogP contribution is 2.24. The molecule has 1 aliphatic rings. The molecule has 2 rings (SSSR count). The van der Waals surface area contributed by atoms with Crippen LogP contribution in [0.4, 0.5) is 0 Å². The van der Waals surface area contributed by atoms with E-state index in [1.54, 1.807) is 11.3 Å². The summed E-state index contributed by atoms with van der Waals surface area (Å²) in [6, 6.07) is 2.14. The Morgan fingerprint density at radius 3 is 3.15 bits per heavy atom. The minimum absolute atomic E-state index is 0.0547. The Morgan fingerprint density at radius 2 is 2.54 bits per heavy atom. The lowest BCUT2D eigenvalue weighted by Crippen LogP contribution is -2.34. The highest BCUT2D eigenvalue weighted by Gasteiger charge is 2.22. The van der Waals surface area contributed by atoms with Crippen LogP contribution in [-0.2, 0) is 4.74 Å². The largest absolute Gasteiger partial charge is 0.375 e. The second-order valence-electron chi connectivity index (χ2n) is 3.07. The van der Waals surface area contributed by atoms with Crippen molar-refractivity contribution < 1.29 is 4.74 Å². The molecule has 2 heterocycles. The lowest BCUT2D eigenvalue weighted by molar-refractivity contribution is 0.0570.